The van der Waals surface area contributed by atoms with Crippen molar-refractivity contribution in [3.8, 4) is 17.0 Å². The second kappa shape index (κ2) is 11.3. The van der Waals surface area contributed by atoms with Gasteiger partial charge in [0.1, 0.15) is 11.4 Å². The molecule has 9 nitrogen and oxygen atoms in total. The molecule has 0 spiro atoms. The molecule has 0 aliphatic rings. The van der Waals surface area contributed by atoms with Gasteiger partial charge in [0.05, 0.1) is 25.4 Å². The van der Waals surface area contributed by atoms with Crippen molar-refractivity contribution >= 4 is 5.91 Å². The van der Waals surface area contributed by atoms with Crippen LogP contribution in [0.2, 0.25) is 0 Å². The minimum atomic E-state index is -0.441. The largest absolute Gasteiger partial charge is 0.494 e. The van der Waals surface area contributed by atoms with Crippen molar-refractivity contribution in [1.29, 1.82) is 0 Å². The van der Waals surface area contributed by atoms with E-state index < -0.39 is 5.91 Å². The smallest absolute Gasteiger partial charge is 0.271 e. The third-order valence-corrected chi connectivity index (χ3v) is 5.49. The first-order chi connectivity index (χ1) is 17.4. The quantitative estimate of drug-likeness (QED) is 0.391. The first-order valence-electron chi connectivity index (χ1n) is 11.7. The second-order valence-corrected chi connectivity index (χ2v) is 8.19. The number of aryl methyl sites for hydroxylation is 1. The van der Waals surface area contributed by atoms with E-state index in [1.165, 1.54) is 27.6 Å². The molecule has 0 atom stereocenters. The third-order valence-electron chi connectivity index (χ3n) is 5.49. The molecule has 0 aliphatic carbocycles. The lowest BCUT2D eigenvalue weighted by Gasteiger charge is -2.10. The van der Waals surface area contributed by atoms with Gasteiger partial charge in [-0.2, -0.15) is 10.2 Å². The fraction of sp³-hybridized carbons (Fsp3) is 0.222. The predicted molar refractivity (Wildman–Crippen MR) is 136 cm³/mol. The van der Waals surface area contributed by atoms with Crippen molar-refractivity contribution in [2.45, 2.75) is 26.9 Å². The lowest BCUT2D eigenvalue weighted by Crippen LogP contribution is -2.34. The van der Waals surface area contributed by atoms with E-state index in [9.17, 15) is 14.4 Å². The monoisotopic (exact) mass is 485 g/mol. The average molecular weight is 486 g/mol. The molecular weight excluding hydrogens is 458 g/mol. The molecule has 4 rings (SSSR count). The van der Waals surface area contributed by atoms with Gasteiger partial charge in [-0.25, -0.2) is 9.36 Å². The molecule has 2 aromatic carbocycles. The maximum absolute atomic E-state index is 12.6. The Bertz CT molecular complexity index is 1460. The summed E-state index contributed by atoms with van der Waals surface area (Å²) in [6.07, 6.45) is 0. The van der Waals surface area contributed by atoms with Crippen LogP contribution < -0.4 is 21.2 Å². The summed E-state index contributed by atoms with van der Waals surface area (Å²) in [6, 6.07) is 21.0. The Hall–Kier alpha value is -4.53. The Balaban J connectivity index is 1.40. The average Bonchev–Trinajstić information content (AvgIpc) is 2.88. The maximum atomic E-state index is 12.6. The number of nitrogens with one attached hydrogen (secondary N) is 1. The molecule has 36 heavy (non-hydrogen) atoms. The van der Waals surface area contributed by atoms with Gasteiger partial charge in [-0.3, -0.25) is 14.4 Å². The fourth-order valence-corrected chi connectivity index (χ4v) is 3.57. The number of ether oxygens (including phenoxy) is 1. The molecule has 2 aromatic heterocycles. The van der Waals surface area contributed by atoms with Gasteiger partial charge in [-0.05, 0) is 55.8 Å². The number of aromatic nitrogens is 4. The van der Waals surface area contributed by atoms with Gasteiger partial charge in [0, 0.05) is 24.2 Å². The van der Waals surface area contributed by atoms with Crippen molar-refractivity contribution in [2.75, 3.05) is 13.2 Å². The number of benzene rings is 2. The summed E-state index contributed by atoms with van der Waals surface area (Å²) in [5.74, 6) is 0.319. The molecule has 0 fully saturated rings. The maximum Gasteiger partial charge on any atom is 0.271 e. The van der Waals surface area contributed by atoms with Crippen LogP contribution in [0.15, 0.2) is 82.4 Å². The molecule has 1 N–H and O–H groups in total. The van der Waals surface area contributed by atoms with E-state index in [4.69, 9.17) is 4.74 Å². The van der Waals surface area contributed by atoms with Gasteiger partial charge >= 0.3 is 0 Å². The lowest BCUT2D eigenvalue weighted by molar-refractivity contribution is 0.0944. The molecule has 1 amide bonds. The van der Waals surface area contributed by atoms with Crippen LogP contribution in [0.5, 0.6) is 5.75 Å². The summed E-state index contributed by atoms with van der Waals surface area (Å²) in [5, 5.41) is 11.4. The molecule has 0 aliphatic heterocycles. The molecular formula is C27H27N5O4. The highest BCUT2D eigenvalue weighted by Gasteiger charge is 2.11. The number of rotatable bonds is 9. The van der Waals surface area contributed by atoms with E-state index >= 15 is 0 Å². The highest BCUT2D eigenvalue weighted by molar-refractivity contribution is 5.91. The van der Waals surface area contributed by atoms with Gasteiger partial charge in [-0.15, -0.1) is 0 Å². The highest BCUT2D eigenvalue weighted by atomic mass is 16.5. The number of amides is 1. The first kappa shape index (κ1) is 24.6. The normalized spacial score (nSPS) is 10.7. The van der Waals surface area contributed by atoms with Gasteiger partial charge in [-0.1, -0.05) is 29.8 Å². The summed E-state index contributed by atoms with van der Waals surface area (Å²) in [6.45, 7) is 5.09. The van der Waals surface area contributed by atoms with Crippen LogP contribution >= 0.6 is 0 Å². The minimum absolute atomic E-state index is 0.116. The lowest BCUT2D eigenvalue weighted by atomic mass is 10.1. The molecule has 184 valence electrons. The summed E-state index contributed by atoms with van der Waals surface area (Å²) in [5.41, 5.74) is 3.05. The van der Waals surface area contributed by atoms with Crippen LogP contribution in [0, 0.1) is 6.92 Å². The van der Waals surface area contributed by atoms with Crippen molar-refractivity contribution in [1.82, 2.24) is 24.9 Å². The van der Waals surface area contributed by atoms with Gasteiger partial charge in [0.2, 0.25) is 0 Å². The zero-order valence-electron chi connectivity index (χ0n) is 20.2. The van der Waals surface area contributed by atoms with Crippen molar-refractivity contribution < 1.29 is 9.53 Å². The summed E-state index contributed by atoms with van der Waals surface area (Å²) in [4.78, 5) is 37.1. The molecule has 2 heterocycles. The number of nitrogens with zero attached hydrogens (tertiary/aromatic N) is 4. The fourth-order valence-electron chi connectivity index (χ4n) is 3.57. The van der Waals surface area contributed by atoms with Crippen LogP contribution in [0.3, 0.4) is 0 Å². The standard InChI is InChI=1S/C27H27N5O4/c1-3-36-22-10-8-21(9-11-22)23-12-14-25(33)31(29-23)17-16-28-27(35)24-13-15-26(34)32(30-24)18-20-6-4-19(2)5-7-20/h4-15H,3,16-18H2,1-2H3,(H,28,35). The van der Waals surface area contributed by atoms with Gasteiger partial charge in [0.15, 0.2) is 0 Å². The van der Waals surface area contributed by atoms with Crippen molar-refractivity contribution in [2.24, 2.45) is 0 Å². The van der Waals surface area contributed by atoms with Crippen LogP contribution in [0.25, 0.3) is 11.3 Å². The topological polar surface area (TPSA) is 108 Å². The molecule has 4 aromatic rings. The molecule has 0 saturated carbocycles. The van der Waals surface area contributed by atoms with Gasteiger partial charge < -0.3 is 10.1 Å². The van der Waals surface area contributed by atoms with E-state index in [0.717, 1.165) is 22.4 Å². The summed E-state index contributed by atoms with van der Waals surface area (Å²) >= 11 is 0. The number of carbonyl (C=O) groups excluding carboxylic acids is 1. The minimum Gasteiger partial charge on any atom is -0.494 e. The Kier molecular flexibility index (Phi) is 7.69. The van der Waals surface area contributed by atoms with Crippen LogP contribution in [-0.2, 0) is 13.1 Å². The van der Waals surface area contributed by atoms with Crippen molar-refractivity contribution in [3.05, 3.63) is 110 Å². The molecule has 0 bridgehead atoms. The molecule has 0 radical (unpaired) electrons. The Morgan fingerprint density at radius 3 is 2.28 bits per heavy atom. The van der Waals surface area contributed by atoms with Crippen molar-refractivity contribution in [3.63, 3.8) is 0 Å². The van der Waals surface area contributed by atoms with E-state index in [1.807, 2.05) is 62.4 Å². The number of hydrogen-bond acceptors (Lipinski definition) is 6. The Labute approximate surface area is 208 Å². The van der Waals surface area contributed by atoms with Crippen LogP contribution in [0.4, 0.5) is 0 Å². The third kappa shape index (κ3) is 6.12. The molecule has 9 heteroatoms. The molecule has 0 saturated heterocycles. The van der Waals surface area contributed by atoms with E-state index in [0.29, 0.717) is 12.3 Å². The zero-order valence-corrected chi connectivity index (χ0v) is 20.2. The zero-order chi connectivity index (χ0) is 25.5. The first-order valence-corrected chi connectivity index (χ1v) is 11.7. The number of hydrogen-bond donors (Lipinski definition) is 1. The summed E-state index contributed by atoms with van der Waals surface area (Å²) < 4.78 is 8.02. The van der Waals surface area contributed by atoms with E-state index in [2.05, 4.69) is 15.5 Å². The van der Waals surface area contributed by atoms with Gasteiger partial charge in [0.25, 0.3) is 17.0 Å². The molecule has 0 unspecified atom stereocenters. The highest BCUT2D eigenvalue weighted by Crippen LogP contribution is 2.19. The van der Waals surface area contributed by atoms with E-state index in [-0.39, 0.29) is 36.4 Å². The Morgan fingerprint density at radius 2 is 1.56 bits per heavy atom. The number of carbonyl (C=O) groups is 1. The van der Waals surface area contributed by atoms with Crippen LogP contribution in [-0.4, -0.2) is 38.6 Å². The SMILES string of the molecule is CCOc1ccc(-c2ccc(=O)n(CCNC(=O)c3ccc(=O)n(Cc4ccc(C)cc4)n3)n2)cc1. The summed E-state index contributed by atoms with van der Waals surface area (Å²) in [7, 11) is 0. The second-order valence-electron chi connectivity index (χ2n) is 8.19. The predicted octanol–water partition coefficient (Wildman–Crippen LogP) is 2.65. The Morgan fingerprint density at radius 1 is 0.861 bits per heavy atom. The van der Waals surface area contributed by atoms with Crippen LogP contribution in [0.1, 0.15) is 28.5 Å². The van der Waals surface area contributed by atoms with E-state index in [1.54, 1.807) is 6.07 Å².